The largest absolute Gasteiger partial charge is 0.497 e. The quantitative estimate of drug-likeness (QED) is 0.483. The van der Waals surface area contributed by atoms with Gasteiger partial charge in [-0.05, 0) is 74.2 Å². The molecule has 0 aliphatic heterocycles. The molecule has 0 saturated heterocycles. The highest BCUT2D eigenvalue weighted by Crippen LogP contribution is 2.37. The minimum absolute atomic E-state index is 0.0651. The van der Waals surface area contributed by atoms with E-state index in [0.29, 0.717) is 16.4 Å². The van der Waals surface area contributed by atoms with E-state index >= 15 is 0 Å². The van der Waals surface area contributed by atoms with Crippen molar-refractivity contribution >= 4 is 49.9 Å². The lowest BCUT2D eigenvalue weighted by atomic mass is 9.90. The minimum Gasteiger partial charge on any atom is -0.497 e. The van der Waals surface area contributed by atoms with Crippen LogP contribution in [0.4, 0.5) is 10.8 Å². The van der Waals surface area contributed by atoms with Crippen LogP contribution in [0.1, 0.15) is 45.3 Å². The van der Waals surface area contributed by atoms with Crippen LogP contribution in [0.2, 0.25) is 0 Å². The fourth-order valence-electron chi connectivity index (χ4n) is 3.63. The smallest absolute Gasteiger partial charge is 0.257 e. The SMILES string of the molecule is COc1ccc(C(=O)Nc2nc3c(s2)CCCC3C(=O)Nc2ccc(Br)cc2C)cc1. The molecular weight excluding hydrogens is 478 g/mol. The molecule has 0 radical (unpaired) electrons. The first kappa shape index (κ1) is 21.5. The Morgan fingerprint density at radius 1 is 1.16 bits per heavy atom. The van der Waals surface area contributed by atoms with Gasteiger partial charge in [0.15, 0.2) is 5.13 Å². The van der Waals surface area contributed by atoms with Crippen LogP contribution in [0.5, 0.6) is 5.75 Å². The number of hydrogen-bond donors (Lipinski definition) is 2. The third-order valence-corrected chi connectivity index (χ3v) is 6.83. The number of carbonyl (C=O) groups excluding carboxylic acids is 2. The van der Waals surface area contributed by atoms with Crippen molar-refractivity contribution in [2.45, 2.75) is 32.1 Å². The van der Waals surface area contributed by atoms with Gasteiger partial charge in [-0.15, -0.1) is 11.3 Å². The van der Waals surface area contributed by atoms with E-state index in [0.717, 1.165) is 45.6 Å². The molecule has 0 fully saturated rings. The zero-order chi connectivity index (χ0) is 22.0. The summed E-state index contributed by atoms with van der Waals surface area (Å²) in [5, 5.41) is 6.43. The molecule has 0 spiro atoms. The van der Waals surface area contributed by atoms with Crippen molar-refractivity contribution in [1.29, 1.82) is 0 Å². The lowest BCUT2D eigenvalue weighted by Crippen LogP contribution is -2.25. The number of nitrogens with one attached hydrogen (secondary N) is 2. The molecule has 2 amide bonds. The molecule has 0 saturated carbocycles. The number of aromatic nitrogens is 1. The van der Waals surface area contributed by atoms with Gasteiger partial charge in [-0.25, -0.2) is 4.98 Å². The number of fused-ring (bicyclic) bond motifs is 1. The van der Waals surface area contributed by atoms with Crippen LogP contribution in [-0.2, 0) is 11.2 Å². The summed E-state index contributed by atoms with van der Waals surface area (Å²) in [7, 11) is 1.58. The Morgan fingerprint density at radius 2 is 1.94 bits per heavy atom. The summed E-state index contributed by atoms with van der Waals surface area (Å²) in [4.78, 5) is 31.3. The molecule has 4 rings (SSSR count). The summed E-state index contributed by atoms with van der Waals surface area (Å²) in [5.74, 6) is 0.0655. The molecule has 2 N–H and O–H groups in total. The number of ether oxygens (including phenoxy) is 1. The Labute approximate surface area is 193 Å². The van der Waals surface area contributed by atoms with Gasteiger partial charge < -0.3 is 10.1 Å². The van der Waals surface area contributed by atoms with Gasteiger partial charge in [0.05, 0.1) is 18.7 Å². The molecule has 31 heavy (non-hydrogen) atoms. The third-order valence-electron chi connectivity index (χ3n) is 5.29. The number of aryl methyl sites for hydroxylation is 2. The normalized spacial score (nSPS) is 15.1. The number of benzene rings is 2. The van der Waals surface area contributed by atoms with Crippen LogP contribution in [0, 0.1) is 6.92 Å². The van der Waals surface area contributed by atoms with E-state index < -0.39 is 0 Å². The molecule has 160 valence electrons. The number of anilines is 2. The fourth-order valence-corrected chi connectivity index (χ4v) is 5.16. The van der Waals surface area contributed by atoms with Gasteiger partial charge in [0.1, 0.15) is 5.75 Å². The number of methoxy groups -OCH3 is 1. The number of rotatable bonds is 5. The van der Waals surface area contributed by atoms with Crippen molar-refractivity contribution in [2.75, 3.05) is 17.7 Å². The Balaban J connectivity index is 1.50. The van der Waals surface area contributed by atoms with E-state index in [2.05, 4.69) is 31.5 Å². The van der Waals surface area contributed by atoms with Crippen LogP contribution in [0.15, 0.2) is 46.9 Å². The second kappa shape index (κ2) is 9.20. The highest BCUT2D eigenvalue weighted by atomic mass is 79.9. The highest BCUT2D eigenvalue weighted by Gasteiger charge is 2.31. The summed E-state index contributed by atoms with van der Waals surface area (Å²) >= 11 is 4.89. The molecule has 1 unspecified atom stereocenters. The molecule has 1 aliphatic carbocycles. The van der Waals surface area contributed by atoms with Gasteiger partial charge in [0, 0.05) is 20.6 Å². The van der Waals surface area contributed by atoms with Gasteiger partial charge >= 0.3 is 0 Å². The van der Waals surface area contributed by atoms with Crippen LogP contribution in [-0.4, -0.2) is 23.9 Å². The van der Waals surface area contributed by atoms with Crippen LogP contribution in [0.3, 0.4) is 0 Å². The number of halogens is 1. The maximum atomic E-state index is 13.0. The lowest BCUT2D eigenvalue weighted by molar-refractivity contribution is -0.117. The molecule has 1 aromatic heterocycles. The zero-order valence-corrected chi connectivity index (χ0v) is 19.6. The Morgan fingerprint density at radius 3 is 2.65 bits per heavy atom. The fraction of sp³-hybridized carbons (Fsp3) is 0.261. The highest BCUT2D eigenvalue weighted by molar-refractivity contribution is 9.10. The monoisotopic (exact) mass is 499 g/mol. The summed E-state index contributed by atoms with van der Waals surface area (Å²) in [6.45, 7) is 1.96. The van der Waals surface area contributed by atoms with Gasteiger partial charge in [-0.2, -0.15) is 0 Å². The van der Waals surface area contributed by atoms with Crippen molar-refractivity contribution in [3.05, 3.63) is 68.6 Å². The molecule has 1 atom stereocenters. The van der Waals surface area contributed by atoms with Crippen LogP contribution < -0.4 is 15.4 Å². The maximum absolute atomic E-state index is 13.0. The van der Waals surface area contributed by atoms with Crippen molar-refractivity contribution in [2.24, 2.45) is 0 Å². The first-order valence-corrected chi connectivity index (χ1v) is 11.6. The van der Waals surface area contributed by atoms with Crippen molar-refractivity contribution < 1.29 is 14.3 Å². The Hall–Kier alpha value is -2.71. The van der Waals surface area contributed by atoms with E-state index in [4.69, 9.17) is 4.74 Å². The maximum Gasteiger partial charge on any atom is 0.257 e. The summed E-state index contributed by atoms with van der Waals surface area (Å²) in [6, 6.07) is 12.7. The van der Waals surface area contributed by atoms with E-state index in [-0.39, 0.29) is 17.7 Å². The molecule has 1 heterocycles. The molecule has 8 heteroatoms. The van der Waals surface area contributed by atoms with Gasteiger partial charge in [-0.3, -0.25) is 14.9 Å². The van der Waals surface area contributed by atoms with Crippen molar-refractivity contribution in [3.63, 3.8) is 0 Å². The second-order valence-corrected chi connectivity index (χ2v) is 9.40. The van der Waals surface area contributed by atoms with E-state index in [9.17, 15) is 9.59 Å². The molecule has 6 nitrogen and oxygen atoms in total. The first-order valence-electron chi connectivity index (χ1n) is 9.96. The Bertz CT molecular complexity index is 1130. The average molecular weight is 500 g/mol. The third kappa shape index (κ3) is 4.80. The van der Waals surface area contributed by atoms with Crippen molar-refractivity contribution in [1.82, 2.24) is 4.98 Å². The van der Waals surface area contributed by atoms with Crippen molar-refractivity contribution in [3.8, 4) is 5.75 Å². The molecular formula is C23H22BrN3O3S. The average Bonchev–Trinajstić information content (AvgIpc) is 3.18. The lowest BCUT2D eigenvalue weighted by Gasteiger charge is -2.21. The van der Waals surface area contributed by atoms with Crippen LogP contribution in [0.25, 0.3) is 0 Å². The number of hydrogen-bond acceptors (Lipinski definition) is 5. The predicted molar refractivity (Wildman–Crippen MR) is 126 cm³/mol. The van der Waals surface area contributed by atoms with Crippen LogP contribution >= 0.6 is 27.3 Å². The van der Waals surface area contributed by atoms with E-state index in [1.54, 1.807) is 31.4 Å². The molecule has 1 aliphatic rings. The number of carbonyl (C=O) groups is 2. The van der Waals surface area contributed by atoms with Gasteiger partial charge in [-0.1, -0.05) is 15.9 Å². The molecule has 2 aromatic carbocycles. The van der Waals surface area contributed by atoms with E-state index in [1.165, 1.54) is 11.3 Å². The number of nitrogens with zero attached hydrogens (tertiary/aromatic N) is 1. The standard InChI is InChI=1S/C23H22BrN3O3S/c1-13-12-15(24)8-11-18(13)25-22(29)17-4-3-5-19-20(17)26-23(31-19)27-21(28)14-6-9-16(30-2)10-7-14/h6-12,17H,3-5H2,1-2H3,(H,25,29)(H,26,27,28). The topological polar surface area (TPSA) is 80.3 Å². The van der Waals surface area contributed by atoms with Gasteiger partial charge in [0.2, 0.25) is 5.91 Å². The van der Waals surface area contributed by atoms with E-state index in [1.807, 2.05) is 25.1 Å². The Kier molecular flexibility index (Phi) is 6.38. The second-order valence-electron chi connectivity index (χ2n) is 7.40. The summed E-state index contributed by atoms with van der Waals surface area (Å²) < 4.78 is 6.10. The number of amides is 2. The first-order chi connectivity index (χ1) is 14.9. The predicted octanol–water partition coefficient (Wildman–Crippen LogP) is 5.53. The van der Waals surface area contributed by atoms with Gasteiger partial charge in [0.25, 0.3) is 5.91 Å². The zero-order valence-electron chi connectivity index (χ0n) is 17.2. The molecule has 0 bridgehead atoms. The molecule has 3 aromatic rings. The number of thiazole rings is 1. The minimum atomic E-state index is -0.324. The summed E-state index contributed by atoms with van der Waals surface area (Å²) in [5.41, 5.74) is 3.08. The summed E-state index contributed by atoms with van der Waals surface area (Å²) in [6.07, 6.45) is 2.52.